The summed E-state index contributed by atoms with van der Waals surface area (Å²) < 4.78 is 0. The summed E-state index contributed by atoms with van der Waals surface area (Å²) in [5.41, 5.74) is 10.7. The second kappa shape index (κ2) is 8.92. The maximum Gasteiger partial charge on any atom is -0.00258 e. The summed E-state index contributed by atoms with van der Waals surface area (Å²) in [5, 5.41) is 0. The summed E-state index contributed by atoms with van der Waals surface area (Å²) in [7, 11) is 0. The van der Waals surface area contributed by atoms with Crippen molar-refractivity contribution in [2.75, 3.05) is 0 Å². The minimum atomic E-state index is 0.972. The first-order valence-corrected chi connectivity index (χ1v) is 10.5. The summed E-state index contributed by atoms with van der Waals surface area (Å²) >= 11 is 0. The van der Waals surface area contributed by atoms with E-state index in [9.17, 15) is 0 Å². The van der Waals surface area contributed by atoms with Crippen molar-refractivity contribution in [3.63, 3.8) is 0 Å². The smallest absolute Gasteiger partial charge is 0.00258 e. The van der Waals surface area contributed by atoms with Gasteiger partial charge < -0.3 is 0 Å². The van der Waals surface area contributed by atoms with E-state index < -0.39 is 0 Å². The van der Waals surface area contributed by atoms with Gasteiger partial charge in [0, 0.05) is 0 Å². The Morgan fingerprint density at radius 3 is 1.10 bits per heavy atom. The number of benzene rings is 4. The maximum absolute atomic E-state index is 2.26. The van der Waals surface area contributed by atoms with Crippen molar-refractivity contribution in [3.8, 4) is 11.1 Å². The van der Waals surface area contributed by atoms with Gasteiger partial charge in [-0.1, -0.05) is 110 Å². The topological polar surface area (TPSA) is 0 Å². The van der Waals surface area contributed by atoms with E-state index in [0.717, 1.165) is 19.3 Å². The van der Waals surface area contributed by atoms with Gasteiger partial charge in [-0.25, -0.2) is 0 Å². The molecule has 0 radical (unpaired) electrons. The van der Waals surface area contributed by atoms with Gasteiger partial charge in [0.1, 0.15) is 0 Å². The van der Waals surface area contributed by atoms with E-state index in [2.05, 4.69) is 111 Å². The second-order valence-corrected chi connectivity index (χ2v) is 7.90. The fourth-order valence-electron chi connectivity index (χ4n) is 3.70. The van der Waals surface area contributed by atoms with Gasteiger partial charge in [0.15, 0.2) is 0 Å². The Balaban J connectivity index is 1.40. The molecule has 29 heavy (non-hydrogen) atoms. The summed E-state index contributed by atoms with van der Waals surface area (Å²) in [4.78, 5) is 0. The van der Waals surface area contributed by atoms with Gasteiger partial charge in [0.25, 0.3) is 0 Å². The third-order valence-electron chi connectivity index (χ3n) is 5.61. The Morgan fingerprint density at radius 1 is 0.414 bits per heavy atom. The molecule has 4 aromatic carbocycles. The molecule has 0 aliphatic rings. The molecule has 0 bridgehead atoms. The van der Waals surface area contributed by atoms with Gasteiger partial charge in [0.2, 0.25) is 0 Å². The highest BCUT2D eigenvalue weighted by Crippen LogP contribution is 2.22. The zero-order valence-electron chi connectivity index (χ0n) is 17.4. The molecule has 0 spiro atoms. The third kappa shape index (κ3) is 5.03. The number of hydrogen-bond acceptors (Lipinski definition) is 0. The van der Waals surface area contributed by atoms with E-state index in [0.29, 0.717) is 0 Å². The van der Waals surface area contributed by atoms with Crippen LogP contribution in [0.5, 0.6) is 0 Å². The van der Waals surface area contributed by atoms with Crippen LogP contribution in [0.2, 0.25) is 0 Å². The van der Waals surface area contributed by atoms with Gasteiger partial charge in [0.05, 0.1) is 0 Å². The Bertz CT molecular complexity index is 1040. The maximum atomic E-state index is 2.26. The molecule has 4 aromatic rings. The summed E-state index contributed by atoms with van der Waals surface area (Å²) in [6.07, 6.45) is 3.05. The zero-order valence-corrected chi connectivity index (χ0v) is 17.4. The highest BCUT2D eigenvalue weighted by Gasteiger charge is 2.02. The lowest BCUT2D eigenvalue weighted by atomic mass is 9.98. The van der Waals surface area contributed by atoms with Crippen molar-refractivity contribution in [3.05, 3.63) is 130 Å². The predicted molar refractivity (Wildman–Crippen MR) is 124 cm³/mol. The second-order valence-electron chi connectivity index (χ2n) is 7.90. The molecule has 4 rings (SSSR count). The van der Waals surface area contributed by atoms with Crippen LogP contribution in [0.4, 0.5) is 0 Å². The van der Waals surface area contributed by atoms with Gasteiger partial charge in [-0.05, 0) is 65.1 Å². The van der Waals surface area contributed by atoms with Crippen LogP contribution >= 0.6 is 0 Å². The average molecular weight is 377 g/mol. The first kappa shape index (κ1) is 19.2. The average Bonchev–Trinajstić information content (AvgIpc) is 2.77. The van der Waals surface area contributed by atoms with E-state index in [4.69, 9.17) is 0 Å². The summed E-state index contributed by atoms with van der Waals surface area (Å²) in [6.45, 7) is 4.33. The third-order valence-corrected chi connectivity index (χ3v) is 5.61. The molecule has 0 amide bonds. The molecule has 0 fully saturated rings. The standard InChI is InChI=1S/C29H28/c1-3-23-12-16-28(17-13-23)29-18-14-27(15-19-29)21-26-10-8-25(9-11-26)20-24-6-4-22(2)5-7-24/h4-19H,3,20-21H2,1-2H3. The van der Waals surface area contributed by atoms with Crippen molar-refractivity contribution in [2.45, 2.75) is 33.1 Å². The van der Waals surface area contributed by atoms with E-state index in [-0.39, 0.29) is 0 Å². The normalized spacial score (nSPS) is 10.8. The molecule has 0 saturated heterocycles. The molecule has 0 N–H and O–H groups in total. The minimum Gasteiger partial charge on any atom is -0.0613 e. The quantitative estimate of drug-likeness (QED) is 0.329. The minimum absolute atomic E-state index is 0.972. The van der Waals surface area contributed by atoms with E-state index in [1.165, 1.54) is 44.5 Å². The van der Waals surface area contributed by atoms with Gasteiger partial charge in [-0.2, -0.15) is 0 Å². The van der Waals surface area contributed by atoms with Crippen molar-refractivity contribution in [2.24, 2.45) is 0 Å². The molecule has 0 atom stereocenters. The molecule has 0 aliphatic heterocycles. The Hall–Kier alpha value is -3.12. The highest BCUT2D eigenvalue weighted by atomic mass is 14.1. The number of hydrogen-bond donors (Lipinski definition) is 0. The summed E-state index contributed by atoms with van der Waals surface area (Å²) in [5.74, 6) is 0. The van der Waals surface area contributed by atoms with Crippen molar-refractivity contribution < 1.29 is 0 Å². The van der Waals surface area contributed by atoms with Crippen LogP contribution < -0.4 is 0 Å². The molecule has 0 aromatic heterocycles. The van der Waals surface area contributed by atoms with Crippen LogP contribution in [0.15, 0.2) is 97.1 Å². The Kier molecular flexibility index (Phi) is 5.91. The fourth-order valence-corrected chi connectivity index (χ4v) is 3.70. The van der Waals surface area contributed by atoms with E-state index >= 15 is 0 Å². The lowest BCUT2D eigenvalue weighted by Crippen LogP contribution is -1.92. The Labute approximate surface area is 174 Å². The van der Waals surface area contributed by atoms with Crippen molar-refractivity contribution in [1.29, 1.82) is 0 Å². The van der Waals surface area contributed by atoms with Crippen molar-refractivity contribution >= 4 is 0 Å². The van der Waals surface area contributed by atoms with Crippen LogP contribution in [0.25, 0.3) is 11.1 Å². The first-order valence-electron chi connectivity index (χ1n) is 10.5. The molecule has 0 aliphatic carbocycles. The van der Waals surface area contributed by atoms with E-state index in [1.54, 1.807) is 0 Å². The number of aryl methyl sites for hydroxylation is 2. The summed E-state index contributed by atoms with van der Waals surface area (Å²) in [6, 6.07) is 35.7. The highest BCUT2D eigenvalue weighted by molar-refractivity contribution is 5.64. The molecule has 0 unspecified atom stereocenters. The van der Waals surface area contributed by atoms with Crippen LogP contribution in [0.3, 0.4) is 0 Å². The molecular weight excluding hydrogens is 348 g/mol. The molecule has 0 heteroatoms. The lowest BCUT2D eigenvalue weighted by Gasteiger charge is -2.07. The molecular formula is C29H28. The number of rotatable bonds is 6. The van der Waals surface area contributed by atoms with E-state index in [1.807, 2.05) is 0 Å². The SMILES string of the molecule is CCc1ccc(-c2ccc(Cc3ccc(Cc4ccc(C)cc4)cc3)cc2)cc1. The monoisotopic (exact) mass is 376 g/mol. The largest absolute Gasteiger partial charge is 0.0613 e. The van der Waals surface area contributed by atoms with Gasteiger partial charge in [-0.3, -0.25) is 0 Å². The molecule has 144 valence electrons. The fraction of sp³-hybridized carbons (Fsp3) is 0.172. The van der Waals surface area contributed by atoms with Crippen molar-refractivity contribution in [1.82, 2.24) is 0 Å². The Morgan fingerprint density at radius 2 is 0.724 bits per heavy atom. The zero-order chi connectivity index (χ0) is 20.1. The van der Waals surface area contributed by atoms with Gasteiger partial charge >= 0.3 is 0 Å². The van der Waals surface area contributed by atoms with Gasteiger partial charge in [-0.15, -0.1) is 0 Å². The molecule has 0 nitrogen and oxygen atoms in total. The molecule has 0 heterocycles. The first-order chi connectivity index (χ1) is 14.2. The van der Waals surface area contributed by atoms with Crippen LogP contribution in [-0.4, -0.2) is 0 Å². The van der Waals surface area contributed by atoms with Crippen LogP contribution in [0, 0.1) is 6.92 Å². The predicted octanol–water partition coefficient (Wildman–Crippen LogP) is 7.41. The lowest BCUT2D eigenvalue weighted by molar-refractivity contribution is 1.14. The van der Waals surface area contributed by atoms with Crippen LogP contribution in [0.1, 0.15) is 40.3 Å². The molecule has 0 saturated carbocycles. The van der Waals surface area contributed by atoms with Crippen LogP contribution in [-0.2, 0) is 19.3 Å².